The number of methoxy groups -OCH3 is 1. The Morgan fingerprint density at radius 3 is 2.12 bits per heavy atom. The maximum Gasteiger partial charge on any atom is 0.336 e. The molecule has 2 rings (SSSR count). The topological polar surface area (TPSA) is 66.8 Å². The van der Waals surface area contributed by atoms with E-state index < -0.39 is 5.97 Å². The molecular weight excluding hydrogens is 306 g/mol. The number of carbonyl (C=O) groups excluding carboxylic acids is 1. The second kappa shape index (κ2) is 8.26. The van der Waals surface area contributed by atoms with Crippen molar-refractivity contribution in [3.63, 3.8) is 0 Å². The number of carboxylic acids is 1. The van der Waals surface area contributed by atoms with Crippen LogP contribution in [0.1, 0.15) is 27.1 Å². The van der Waals surface area contributed by atoms with Crippen LogP contribution in [-0.4, -0.2) is 49.2 Å². The fourth-order valence-electron chi connectivity index (χ4n) is 2.56. The van der Waals surface area contributed by atoms with Crippen LogP contribution < -0.4 is 0 Å². The third-order valence-corrected chi connectivity index (χ3v) is 3.79. The highest BCUT2D eigenvalue weighted by Gasteiger charge is 2.19. The molecule has 0 aliphatic heterocycles. The molecule has 0 saturated heterocycles. The zero-order valence-corrected chi connectivity index (χ0v) is 13.9. The first-order valence-corrected chi connectivity index (χ1v) is 7.72. The van der Waals surface area contributed by atoms with Gasteiger partial charge in [-0.05, 0) is 29.7 Å². The molecular formula is C19H21NO4. The Hall–Kier alpha value is -2.66. The molecule has 2 aromatic rings. The summed E-state index contributed by atoms with van der Waals surface area (Å²) in [6.07, 6.45) is 0.743. The molecule has 0 saturated carbocycles. The molecule has 0 aromatic heterocycles. The molecule has 5 heteroatoms. The number of hydrogen-bond donors (Lipinski definition) is 1. The highest BCUT2D eigenvalue weighted by Crippen LogP contribution is 2.28. The van der Waals surface area contributed by atoms with Gasteiger partial charge >= 0.3 is 5.97 Å². The maximum absolute atomic E-state index is 12.8. The van der Waals surface area contributed by atoms with Gasteiger partial charge in [-0.2, -0.15) is 0 Å². The van der Waals surface area contributed by atoms with Crippen molar-refractivity contribution in [3.05, 3.63) is 59.7 Å². The van der Waals surface area contributed by atoms with Gasteiger partial charge in [0.25, 0.3) is 5.91 Å². The Bertz CT molecular complexity index is 727. The molecule has 0 atom stereocenters. The number of benzene rings is 2. The molecule has 0 radical (unpaired) electrons. The first kappa shape index (κ1) is 17.7. The van der Waals surface area contributed by atoms with Crippen LogP contribution in [0.5, 0.6) is 0 Å². The highest BCUT2D eigenvalue weighted by atomic mass is 16.5. The minimum atomic E-state index is -1.01. The van der Waals surface area contributed by atoms with Crippen molar-refractivity contribution in [1.29, 1.82) is 0 Å². The number of carbonyl (C=O) groups is 2. The van der Waals surface area contributed by atoms with Crippen molar-refractivity contribution in [2.24, 2.45) is 0 Å². The third-order valence-electron chi connectivity index (χ3n) is 3.79. The van der Waals surface area contributed by atoms with Gasteiger partial charge in [0.1, 0.15) is 0 Å². The van der Waals surface area contributed by atoms with E-state index in [1.807, 2.05) is 0 Å². The van der Waals surface area contributed by atoms with E-state index in [0.29, 0.717) is 29.8 Å². The minimum Gasteiger partial charge on any atom is -0.478 e. The van der Waals surface area contributed by atoms with E-state index in [-0.39, 0.29) is 11.5 Å². The predicted molar refractivity (Wildman–Crippen MR) is 92.3 cm³/mol. The Kier molecular flexibility index (Phi) is 6.09. The van der Waals surface area contributed by atoms with E-state index in [1.165, 1.54) is 0 Å². The number of amides is 1. The van der Waals surface area contributed by atoms with Crippen molar-refractivity contribution < 1.29 is 19.4 Å². The van der Waals surface area contributed by atoms with Crippen molar-refractivity contribution >= 4 is 11.9 Å². The number of nitrogens with zero attached hydrogens (tertiary/aromatic N) is 1. The number of carboxylic acid groups (broad SMARTS) is 1. The van der Waals surface area contributed by atoms with Crippen LogP contribution in [0.4, 0.5) is 0 Å². The quantitative estimate of drug-likeness (QED) is 0.793. The van der Waals surface area contributed by atoms with Gasteiger partial charge in [-0.1, -0.05) is 36.4 Å². The molecule has 24 heavy (non-hydrogen) atoms. The fraction of sp³-hybridized carbons (Fsp3) is 0.263. The van der Waals surface area contributed by atoms with Crippen LogP contribution in [-0.2, 0) is 4.74 Å². The monoisotopic (exact) mass is 327 g/mol. The molecule has 0 aliphatic carbocycles. The summed E-state index contributed by atoms with van der Waals surface area (Å²) in [5.41, 5.74) is 1.84. The second-order valence-corrected chi connectivity index (χ2v) is 5.47. The average molecular weight is 327 g/mol. The number of aromatic carboxylic acids is 1. The molecule has 0 heterocycles. The van der Waals surface area contributed by atoms with Gasteiger partial charge in [-0.15, -0.1) is 0 Å². The lowest BCUT2D eigenvalue weighted by molar-refractivity contribution is 0.0696. The summed E-state index contributed by atoms with van der Waals surface area (Å²) in [7, 11) is 3.36. The fourth-order valence-corrected chi connectivity index (χ4v) is 2.56. The summed E-state index contributed by atoms with van der Waals surface area (Å²) in [4.78, 5) is 25.9. The molecule has 0 unspecified atom stereocenters. The van der Waals surface area contributed by atoms with Crippen LogP contribution in [0.15, 0.2) is 48.5 Å². The van der Waals surface area contributed by atoms with Gasteiger partial charge in [0.05, 0.1) is 5.56 Å². The number of hydrogen-bond acceptors (Lipinski definition) is 3. The Balaban J connectivity index is 2.38. The lowest BCUT2D eigenvalue weighted by atomic mass is 9.95. The first-order valence-electron chi connectivity index (χ1n) is 7.72. The van der Waals surface area contributed by atoms with Gasteiger partial charge in [0, 0.05) is 32.9 Å². The Labute approximate surface area is 141 Å². The van der Waals surface area contributed by atoms with Crippen molar-refractivity contribution in [2.45, 2.75) is 6.42 Å². The van der Waals surface area contributed by atoms with Gasteiger partial charge in [-0.3, -0.25) is 4.79 Å². The van der Waals surface area contributed by atoms with E-state index in [4.69, 9.17) is 4.74 Å². The van der Waals surface area contributed by atoms with Gasteiger partial charge in [-0.25, -0.2) is 4.79 Å². The minimum absolute atomic E-state index is 0.137. The average Bonchev–Trinajstić information content (AvgIpc) is 2.61. The third kappa shape index (κ3) is 4.00. The smallest absolute Gasteiger partial charge is 0.336 e. The lowest BCUT2D eigenvalue weighted by Gasteiger charge is -2.19. The Morgan fingerprint density at radius 1 is 1.00 bits per heavy atom. The van der Waals surface area contributed by atoms with E-state index >= 15 is 0 Å². The van der Waals surface area contributed by atoms with Crippen LogP contribution in [0.2, 0.25) is 0 Å². The highest BCUT2D eigenvalue weighted by molar-refractivity contribution is 6.04. The predicted octanol–water partition coefficient (Wildman–Crippen LogP) is 3.16. The Morgan fingerprint density at radius 2 is 1.54 bits per heavy atom. The number of rotatable bonds is 7. The SMILES string of the molecule is COCCCN(C)C(=O)c1ccccc1-c1ccccc1C(=O)O. The largest absolute Gasteiger partial charge is 0.478 e. The summed E-state index contributed by atoms with van der Waals surface area (Å²) in [6.45, 7) is 1.16. The molecule has 0 aliphatic rings. The van der Waals surface area contributed by atoms with E-state index in [9.17, 15) is 14.7 Å². The normalized spacial score (nSPS) is 10.4. The standard InChI is InChI=1S/C19H21NO4/c1-20(12-7-13-24-2)18(21)16-10-5-3-8-14(16)15-9-4-6-11-17(15)19(22)23/h3-6,8-11H,7,12-13H2,1-2H3,(H,22,23). The van der Waals surface area contributed by atoms with Crippen LogP contribution in [0.25, 0.3) is 11.1 Å². The molecule has 5 nitrogen and oxygen atoms in total. The van der Waals surface area contributed by atoms with Crippen molar-refractivity contribution in [1.82, 2.24) is 4.90 Å². The van der Waals surface area contributed by atoms with Crippen molar-refractivity contribution in [2.75, 3.05) is 27.3 Å². The van der Waals surface area contributed by atoms with Crippen molar-refractivity contribution in [3.8, 4) is 11.1 Å². The second-order valence-electron chi connectivity index (χ2n) is 5.47. The van der Waals surface area contributed by atoms with E-state index in [0.717, 1.165) is 6.42 Å². The maximum atomic E-state index is 12.8. The van der Waals surface area contributed by atoms with Gasteiger partial charge in [0.2, 0.25) is 0 Å². The summed E-state index contributed by atoms with van der Waals surface area (Å²) in [5, 5.41) is 9.40. The molecule has 0 spiro atoms. The van der Waals surface area contributed by atoms with Gasteiger partial charge in [0.15, 0.2) is 0 Å². The van der Waals surface area contributed by atoms with Crippen LogP contribution in [0.3, 0.4) is 0 Å². The molecule has 1 N–H and O–H groups in total. The summed E-state index contributed by atoms with van der Waals surface area (Å²) >= 11 is 0. The zero-order chi connectivity index (χ0) is 17.5. The van der Waals surface area contributed by atoms with Crippen LogP contribution in [0, 0.1) is 0 Å². The lowest BCUT2D eigenvalue weighted by Crippen LogP contribution is -2.28. The first-order chi connectivity index (χ1) is 11.6. The van der Waals surface area contributed by atoms with Gasteiger partial charge < -0.3 is 14.7 Å². The van der Waals surface area contributed by atoms with E-state index in [2.05, 4.69) is 0 Å². The molecule has 2 aromatic carbocycles. The summed E-state index contributed by atoms with van der Waals surface area (Å²) < 4.78 is 5.01. The molecule has 0 bridgehead atoms. The molecule has 0 fully saturated rings. The summed E-state index contributed by atoms with van der Waals surface area (Å²) in [6, 6.07) is 13.8. The van der Waals surface area contributed by atoms with E-state index in [1.54, 1.807) is 67.6 Å². The molecule has 1 amide bonds. The molecule has 126 valence electrons. The summed E-state index contributed by atoms with van der Waals surface area (Å²) in [5.74, 6) is -1.15. The van der Waals surface area contributed by atoms with Crippen LogP contribution >= 0.6 is 0 Å². The number of ether oxygens (including phenoxy) is 1. The zero-order valence-electron chi connectivity index (χ0n) is 13.9.